The van der Waals surface area contributed by atoms with Crippen molar-refractivity contribution in [3.05, 3.63) is 0 Å². The quantitative estimate of drug-likeness (QED) is 0.794. The molecule has 0 amide bonds. The van der Waals surface area contributed by atoms with Crippen molar-refractivity contribution in [2.75, 3.05) is 13.7 Å². The lowest BCUT2D eigenvalue weighted by Crippen LogP contribution is -2.52. The molecule has 0 aromatic rings. The summed E-state index contributed by atoms with van der Waals surface area (Å²) in [5.41, 5.74) is 0.181. The summed E-state index contributed by atoms with van der Waals surface area (Å²) in [6, 6.07) is 0.719. The first-order valence-electron chi connectivity index (χ1n) is 6.95. The molecule has 0 aromatic carbocycles. The minimum Gasteiger partial charge on any atom is -0.377 e. The second kappa shape index (κ2) is 5.05. The van der Waals surface area contributed by atoms with Crippen molar-refractivity contribution in [2.45, 2.75) is 64.0 Å². The lowest BCUT2D eigenvalue weighted by Gasteiger charge is -2.43. The molecule has 0 saturated heterocycles. The average molecular weight is 225 g/mol. The van der Waals surface area contributed by atoms with E-state index in [2.05, 4.69) is 19.2 Å². The van der Waals surface area contributed by atoms with Crippen molar-refractivity contribution in [3.8, 4) is 0 Å². The standard InChI is InChI=1S/C14H27NO/c1-11-6-4-7-13(12(11)2)15-10-14(16-3)8-5-9-14/h11-13,15H,4-10H2,1-3H3. The molecule has 0 bridgehead atoms. The van der Waals surface area contributed by atoms with Crippen LogP contribution < -0.4 is 5.32 Å². The summed E-state index contributed by atoms with van der Waals surface area (Å²) in [6.07, 6.45) is 7.98. The van der Waals surface area contributed by atoms with Crippen LogP contribution >= 0.6 is 0 Å². The molecule has 0 radical (unpaired) electrons. The summed E-state index contributed by atoms with van der Waals surface area (Å²) >= 11 is 0. The van der Waals surface area contributed by atoms with Gasteiger partial charge in [0.05, 0.1) is 5.60 Å². The normalized spacial score (nSPS) is 38.1. The van der Waals surface area contributed by atoms with Crippen molar-refractivity contribution in [2.24, 2.45) is 11.8 Å². The van der Waals surface area contributed by atoms with E-state index < -0.39 is 0 Å². The largest absolute Gasteiger partial charge is 0.377 e. The van der Waals surface area contributed by atoms with Gasteiger partial charge in [0, 0.05) is 19.7 Å². The van der Waals surface area contributed by atoms with E-state index >= 15 is 0 Å². The van der Waals surface area contributed by atoms with E-state index in [1.54, 1.807) is 0 Å². The monoisotopic (exact) mass is 225 g/mol. The van der Waals surface area contributed by atoms with Crippen LogP contribution in [0.25, 0.3) is 0 Å². The molecule has 2 heteroatoms. The smallest absolute Gasteiger partial charge is 0.0802 e. The third-order valence-electron chi connectivity index (χ3n) is 5.09. The maximum Gasteiger partial charge on any atom is 0.0802 e. The number of hydrogen-bond donors (Lipinski definition) is 1. The van der Waals surface area contributed by atoms with Gasteiger partial charge in [0.15, 0.2) is 0 Å². The van der Waals surface area contributed by atoms with Crippen molar-refractivity contribution >= 4 is 0 Å². The van der Waals surface area contributed by atoms with Gasteiger partial charge in [0.1, 0.15) is 0 Å². The van der Waals surface area contributed by atoms with Crippen LogP contribution in [-0.4, -0.2) is 25.3 Å². The van der Waals surface area contributed by atoms with Gasteiger partial charge >= 0.3 is 0 Å². The van der Waals surface area contributed by atoms with Gasteiger partial charge in [-0.3, -0.25) is 0 Å². The molecule has 16 heavy (non-hydrogen) atoms. The van der Waals surface area contributed by atoms with E-state index in [0.717, 1.165) is 24.4 Å². The molecule has 2 rings (SSSR count). The van der Waals surface area contributed by atoms with Crippen LogP contribution in [0.2, 0.25) is 0 Å². The van der Waals surface area contributed by atoms with Crippen LogP contribution in [0.1, 0.15) is 52.4 Å². The zero-order valence-corrected chi connectivity index (χ0v) is 11.1. The van der Waals surface area contributed by atoms with E-state index in [1.165, 1.54) is 38.5 Å². The maximum absolute atomic E-state index is 5.66. The van der Waals surface area contributed by atoms with E-state index in [4.69, 9.17) is 4.74 Å². The molecule has 0 aromatic heterocycles. The summed E-state index contributed by atoms with van der Waals surface area (Å²) in [6.45, 7) is 5.86. The molecule has 2 saturated carbocycles. The molecule has 1 N–H and O–H groups in total. The first-order chi connectivity index (χ1) is 7.67. The van der Waals surface area contributed by atoms with Crippen molar-refractivity contribution in [3.63, 3.8) is 0 Å². The van der Waals surface area contributed by atoms with Gasteiger partial charge in [0.25, 0.3) is 0 Å². The van der Waals surface area contributed by atoms with Crippen LogP contribution in [0.15, 0.2) is 0 Å². The highest BCUT2D eigenvalue weighted by Crippen LogP contribution is 2.35. The van der Waals surface area contributed by atoms with Crippen LogP contribution in [0.5, 0.6) is 0 Å². The van der Waals surface area contributed by atoms with Gasteiger partial charge in [-0.05, 0) is 37.5 Å². The third kappa shape index (κ3) is 2.43. The fourth-order valence-electron chi connectivity index (χ4n) is 3.21. The zero-order valence-electron chi connectivity index (χ0n) is 11.1. The van der Waals surface area contributed by atoms with Gasteiger partial charge in [-0.2, -0.15) is 0 Å². The van der Waals surface area contributed by atoms with Crippen molar-refractivity contribution in [1.29, 1.82) is 0 Å². The third-order valence-corrected chi connectivity index (χ3v) is 5.09. The summed E-state index contributed by atoms with van der Waals surface area (Å²) in [5, 5.41) is 3.77. The number of rotatable bonds is 4. The Morgan fingerprint density at radius 3 is 2.50 bits per heavy atom. The Labute approximate surface area is 100 Å². The Balaban J connectivity index is 1.80. The molecule has 2 aliphatic rings. The highest BCUT2D eigenvalue weighted by atomic mass is 16.5. The number of hydrogen-bond acceptors (Lipinski definition) is 2. The van der Waals surface area contributed by atoms with E-state index in [-0.39, 0.29) is 5.60 Å². The van der Waals surface area contributed by atoms with Crippen LogP contribution in [0.4, 0.5) is 0 Å². The highest BCUT2D eigenvalue weighted by molar-refractivity contribution is 4.93. The van der Waals surface area contributed by atoms with E-state index in [9.17, 15) is 0 Å². The highest BCUT2D eigenvalue weighted by Gasteiger charge is 2.38. The van der Waals surface area contributed by atoms with Crippen molar-refractivity contribution < 1.29 is 4.74 Å². The van der Waals surface area contributed by atoms with Crippen LogP contribution in [0, 0.1) is 11.8 Å². The predicted molar refractivity (Wildman–Crippen MR) is 67.6 cm³/mol. The van der Waals surface area contributed by atoms with E-state index in [0.29, 0.717) is 0 Å². The lowest BCUT2D eigenvalue weighted by molar-refractivity contribution is -0.0727. The van der Waals surface area contributed by atoms with Gasteiger partial charge < -0.3 is 10.1 Å². The predicted octanol–water partition coefficient (Wildman–Crippen LogP) is 2.97. The zero-order chi connectivity index (χ0) is 11.6. The maximum atomic E-state index is 5.66. The van der Waals surface area contributed by atoms with Crippen molar-refractivity contribution in [1.82, 2.24) is 5.32 Å². The van der Waals surface area contributed by atoms with E-state index in [1.807, 2.05) is 7.11 Å². The molecule has 2 nitrogen and oxygen atoms in total. The number of ether oxygens (including phenoxy) is 1. The van der Waals surface area contributed by atoms with Crippen LogP contribution in [-0.2, 0) is 4.74 Å². The number of nitrogens with one attached hydrogen (secondary N) is 1. The first-order valence-corrected chi connectivity index (χ1v) is 6.95. The minimum atomic E-state index is 0.181. The lowest BCUT2D eigenvalue weighted by atomic mass is 9.76. The topological polar surface area (TPSA) is 21.3 Å². The molecule has 2 aliphatic carbocycles. The average Bonchev–Trinajstić information content (AvgIpc) is 2.23. The molecular weight excluding hydrogens is 198 g/mol. The molecule has 0 aliphatic heterocycles. The van der Waals surface area contributed by atoms with Gasteiger partial charge in [-0.25, -0.2) is 0 Å². The molecule has 3 atom stereocenters. The summed E-state index contributed by atoms with van der Waals surface area (Å²) in [4.78, 5) is 0. The molecule has 2 fully saturated rings. The molecular formula is C14H27NO. The Hall–Kier alpha value is -0.0800. The summed E-state index contributed by atoms with van der Waals surface area (Å²) in [5.74, 6) is 1.70. The molecule has 94 valence electrons. The SMILES string of the molecule is COC1(CNC2CCCC(C)C2C)CCC1. The van der Waals surface area contributed by atoms with Crippen LogP contribution in [0.3, 0.4) is 0 Å². The van der Waals surface area contributed by atoms with Gasteiger partial charge in [0.2, 0.25) is 0 Å². The molecule has 0 heterocycles. The fraction of sp³-hybridized carbons (Fsp3) is 1.00. The Kier molecular flexibility index (Phi) is 3.91. The minimum absolute atomic E-state index is 0.181. The second-order valence-corrected chi connectivity index (χ2v) is 6.00. The molecule has 3 unspecified atom stereocenters. The second-order valence-electron chi connectivity index (χ2n) is 6.00. The Morgan fingerprint density at radius 1 is 1.19 bits per heavy atom. The molecule has 0 spiro atoms. The fourth-order valence-corrected chi connectivity index (χ4v) is 3.21. The Bertz CT molecular complexity index is 219. The summed E-state index contributed by atoms with van der Waals surface area (Å²) < 4.78 is 5.66. The van der Waals surface area contributed by atoms with Gasteiger partial charge in [-0.1, -0.05) is 26.7 Å². The Morgan fingerprint density at radius 2 is 1.94 bits per heavy atom. The first kappa shape index (κ1) is 12.4. The number of methoxy groups -OCH3 is 1. The summed E-state index contributed by atoms with van der Waals surface area (Å²) in [7, 11) is 1.87. The van der Waals surface area contributed by atoms with Gasteiger partial charge in [-0.15, -0.1) is 0 Å².